The van der Waals surface area contributed by atoms with Crippen molar-refractivity contribution in [2.24, 2.45) is 0 Å². The summed E-state index contributed by atoms with van der Waals surface area (Å²) in [5.74, 6) is 0.355. The van der Waals surface area contributed by atoms with Crippen LogP contribution in [-0.2, 0) is 0 Å². The van der Waals surface area contributed by atoms with Gasteiger partial charge in [-0.05, 0) is 45.8 Å². The van der Waals surface area contributed by atoms with Crippen LogP contribution >= 0.6 is 15.9 Å². The molecule has 0 unspecified atom stereocenters. The summed E-state index contributed by atoms with van der Waals surface area (Å²) in [6.45, 7) is 0. The van der Waals surface area contributed by atoms with Crippen molar-refractivity contribution in [2.45, 2.75) is 0 Å². The summed E-state index contributed by atoms with van der Waals surface area (Å²) in [4.78, 5) is 0. The van der Waals surface area contributed by atoms with Gasteiger partial charge in [0.1, 0.15) is 11.6 Å². The van der Waals surface area contributed by atoms with Crippen LogP contribution in [0, 0.1) is 5.82 Å². The van der Waals surface area contributed by atoms with Gasteiger partial charge in [-0.25, -0.2) is 4.39 Å². The first-order valence-electron chi connectivity index (χ1n) is 5.01. The molecule has 17 heavy (non-hydrogen) atoms. The van der Waals surface area contributed by atoms with Gasteiger partial charge in [0.25, 0.3) is 0 Å². The molecule has 2 aromatic rings. The minimum absolute atomic E-state index is 0.326. The molecule has 0 aliphatic carbocycles. The largest absolute Gasteiger partial charge is 0.497 e. The Morgan fingerprint density at radius 1 is 1.24 bits per heavy atom. The Morgan fingerprint density at radius 2 is 2.00 bits per heavy atom. The Labute approximate surface area is 107 Å². The van der Waals surface area contributed by atoms with Gasteiger partial charge < -0.3 is 10.5 Å². The second-order valence-corrected chi connectivity index (χ2v) is 4.45. The van der Waals surface area contributed by atoms with E-state index in [1.165, 1.54) is 0 Å². The molecule has 4 heteroatoms. The van der Waals surface area contributed by atoms with Gasteiger partial charge in [0.15, 0.2) is 0 Å². The number of nitrogen functional groups attached to an aromatic ring is 1. The maximum atomic E-state index is 14.0. The number of hydrogen-bond donors (Lipinski definition) is 1. The summed E-state index contributed by atoms with van der Waals surface area (Å²) in [5.41, 5.74) is 7.40. The Kier molecular flexibility index (Phi) is 3.33. The van der Waals surface area contributed by atoms with Gasteiger partial charge in [0.05, 0.1) is 11.6 Å². The lowest BCUT2D eigenvalue weighted by Gasteiger charge is -2.08. The number of rotatable bonds is 2. The second kappa shape index (κ2) is 4.75. The number of benzene rings is 2. The van der Waals surface area contributed by atoms with E-state index in [0.29, 0.717) is 21.5 Å². The average Bonchev–Trinajstić information content (AvgIpc) is 2.34. The lowest BCUT2D eigenvalue weighted by atomic mass is 10.0. The molecule has 0 amide bonds. The lowest BCUT2D eigenvalue weighted by Crippen LogP contribution is -1.92. The van der Waals surface area contributed by atoms with Crippen LogP contribution in [-0.4, -0.2) is 7.11 Å². The highest BCUT2D eigenvalue weighted by atomic mass is 79.9. The quantitative estimate of drug-likeness (QED) is 0.854. The van der Waals surface area contributed by atoms with E-state index >= 15 is 0 Å². The van der Waals surface area contributed by atoms with Crippen LogP contribution in [0.2, 0.25) is 0 Å². The number of nitrogens with two attached hydrogens (primary N) is 1. The standard InChI is InChI=1S/C13H11BrFNO/c1-17-10-4-2-3-8(5-10)11-6-9(16)7-12(14)13(11)15/h2-7H,16H2,1H3. The fourth-order valence-corrected chi connectivity index (χ4v) is 2.09. The van der Waals surface area contributed by atoms with E-state index in [2.05, 4.69) is 15.9 Å². The van der Waals surface area contributed by atoms with E-state index in [1.807, 2.05) is 18.2 Å². The molecule has 0 aliphatic rings. The van der Waals surface area contributed by atoms with Gasteiger partial charge >= 0.3 is 0 Å². The average molecular weight is 296 g/mol. The van der Waals surface area contributed by atoms with Gasteiger partial charge in [-0.15, -0.1) is 0 Å². The number of methoxy groups -OCH3 is 1. The first-order chi connectivity index (χ1) is 8.11. The topological polar surface area (TPSA) is 35.2 Å². The molecule has 0 aliphatic heterocycles. The zero-order valence-electron chi connectivity index (χ0n) is 9.21. The highest BCUT2D eigenvalue weighted by Crippen LogP contribution is 2.32. The summed E-state index contributed by atoms with van der Waals surface area (Å²) in [6, 6.07) is 10.3. The van der Waals surface area contributed by atoms with Crippen molar-refractivity contribution < 1.29 is 9.13 Å². The third kappa shape index (κ3) is 2.42. The highest BCUT2D eigenvalue weighted by Gasteiger charge is 2.10. The van der Waals surface area contributed by atoms with Crippen molar-refractivity contribution in [1.82, 2.24) is 0 Å². The first-order valence-corrected chi connectivity index (χ1v) is 5.80. The van der Waals surface area contributed by atoms with Gasteiger partial charge in [0, 0.05) is 11.3 Å². The van der Waals surface area contributed by atoms with Gasteiger partial charge in [-0.2, -0.15) is 0 Å². The summed E-state index contributed by atoms with van der Waals surface area (Å²) in [5, 5.41) is 0. The van der Waals surface area contributed by atoms with E-state index in [0.717, 1.165) is 5.56 Å². The lowest BCUT2D eigenvalue weighted by molar-refractivity contribution is 0.415. The molecule has 0 radical (unpaired) electrons. The third-order valence-electron chi connectivity index (χ3n) is 2.43. The first kappa shape index (κ1) is 11.9. The van der Waals surface area contributed by atoms with Crippen molar-refractivity contribution in [2.75, 3.05) is 12.8 Å². The summed E-state index contributed by atoms with van der Waals surface area (Å²) in [7, 11) is 1.57. The summed E-state index contributed by atoms with van der Waals surface area (Å²) >= 11 is 3.14. The molecule has 2 aromatic carbocycles. The fourth-order valence-electron chi connectivity index (χ4n) is 1.61. The maximum absolute atomic E-state index is 14.0. The van der Waals surface area contributed by atoms with Crippen LogP contribution in [0.25, 0.3) is 11.1 Å². The van der Waals surface area contributed by atoms with Gasteiger partial charge in [-0.1, -0.05) is 12.1 Å². The molecule has 0 heterocycles. The third-order valence-corrected chi connectivity index (χ3v) is 3.01. The number of halogens is 2. The van der Waals surface area contributed by atoms with Crippen LogP contribution in [0.4, 0.5) is 10.1 Å². The molecule has 0 atom stereocenters. The SMILES string of the molecule is COc1cccc(-c2cc(N)cc(Br)c2F)c1. The second-order valence-electron chi connectivity index (χ2n) is 3.60. The Balaban J connectivity index is 2.59. The number of hydrogen-bond acceptors (Lipinski definition) is 2. The minimum Gasteiger partial charge on any atom is -0.497 e. The van der Waals surface area contributed by atoms with Crippen molar-refractivity contribution in [1.29, 1.82) is 0 Å². The van der Waals surface area contributed by atoms with Crippen molar-refractivity contribution in [3.05, 3.63) is 46.7 Å². The molecule has 0 saturated heterocycles. The van der Waals surface area contributed by atoms with Crippen molar-refractivity contribution >= 4 is 21.6 Å². The van der Waals surface area contributed by atoms with Crippen LogP contribution in [0.1, 0.15) is 0 Å². The molecule has 0 bridgehead atoms. The van der Waals surface area contributed by atoms with Crippen molar-refractivity contribution in [3.8, 4) is 16.9 Å². The number of ether oxygens (including phenoxy) is 1. The number of anilines is 1. The molecule has 2 nitrogen and oxygen atoms in total. The normalized spacial score (nSPS) is 10.3. The monoisotopic (exact) mass is 295 g/mol. The molecular formula is C13H11BrFNO. The summed E-state index contributed by atoms with van der Waals surface area (Å²) < 4.78 is 19.4. The molecule has 88 valence electrons. The zero-order valence-corrected chi connectivity index (χ0v) is 10.8. The molecule has 0 aromatic heterocycles. The van der Waals surface area contributed by atoms with E-state index < -0.39 is 0 Å². The minimum atomic E-state index is -0.326. The van der Waals surface area contributed by atoms with Crippen LogP contribution < -0.4 is 10.5 Å². The van der Waals surface area contributed by atoms with E-state index in [-0.39, 0.29) is 5.82 Å². The molecule has 2 N–H and O–H groups in total. The Bertz CT molecular complexity index is 557. The van der Waals surface area contributed by atoms with E-state index in [1.54, 1.807) is 25.3 Å². The highest BCUT2D eigenvalue weighted by molar-refractivity contribution is 9.10. The zero-order chi connectivity index (χ0) is 12.4. The fraction of sp³-hybridized carbons (Fsp3) is 0.0769. The van der Waals surface area contributed by atoms with Crippen molar-refractivity contribution in [3.63, 3.8) is 0 Å². The molecule has 0 saturated carbocycles. The molecular weight excluding hydrogens is 285 g/mol. The molecule has 0 spiro atoms. The van der Waals surface area contributed by atoms with Crippen LogP contribution in [0.5, 0.6) is 5.75 Å². The smallest absolute Gasteiger partial charge is 0.145 e. The van der Waals surface area contributed by atoms with E-state index in [4.69, 9.17) is 10.5 Å². The van der Waals surface area contributed by atoms with Gasteiger partial charge in [0.2, 0.25) is 0 Å². The maximum Gasteiger partial charge on any atom is 0.145 e. The summed E-state index contributed by atoms with van der Waals surface area (Å²) in [6.07, 6.45) is 0. The Hall–Kier alpha value is -1.55. The van der Waals surface area contributed by atoms with E-state index in [9.17, 15) is 4.39 Å². The predicted octanol–water partition coefficient (Wildman–Crippen LogP) is 3.85. The molecule has 2 rings (SSSR count). The Morgan fingerprint density at radius 3 is 2.71 bits per heavy atom. The van der Waals surface area contributed by atoms with Gasteiger partial charge in [-0.3, -0.25) is 0 Å². The molecule has 0 fully saturated rings. The van der Waals surface area contributed by atoms with Crippen LogP contribution in [0.3, 0.4) is 0 Å². The van der Waals surface area contributed by atoms with Crippen LogP contribution in [0.15, 0.2) is 40.9 Å². The predicted molar refractivity (Wildman–Crippen MR) is 70.5 cm³/mol.